The van der Waals surface area contributed by atoms with E-state index in [4.69, 9.17) is 0 Å². The number of halogens is 1. The molecule has 6 nitrogen and oxygen atoms in total. The Kier molecular flexibility index (Phi) is 9.06. The summed E-state index contributed by atoms with van der Waals surface area (Å²) in [5, 5.41) is 11.3. The highest BCUT2D eigenvalue weighted by molar-refractivity contribution is 14.0. The van der Waals surface area contributed by atoms with Crippen LogP contribution in [0.5, 0.6) is 0 Å². The molecule has 3 rings (SSSR count). The van der Waals surface area contributed by atoms with Crippen molar-refractivity contribution in [2.75, 3.05) is 26.7 Å². The third-order valence-electron chi connectivity index (χ3n) is 4.86. The van der Waals surface area contributed by atoms with Gasteiger partial charge in [0.1, 0.15) is 0 Å². The van der Waals surface area contributed by atoms with Gasteiger partial charge in [-0.3, -0.25) is 4.99 Å². The molecule has 1 aromatic heterocycles. The second-order valence-electron chi connectivity index (χ2n) is 6.80. The molecule has 0 atom stereocenters. The lowest BCUT2D eigenvalue weighted by Crippen LogP contribution is -2.48. The van der Waals surface area contributed by atoms with Crippen LogP contribution in [0.2, 0.25) is 0 Å². The van der Waals surface area contributed by atoms with Crippen LogP contribution in [0, 0.1) is 0 Å². The van der Waals surface area contributed by atoms with Crippen molar-refractivity contribution < 1.29 is 0 Å². The summed E-state index contributed by atoms with van der Waals surface area (Å²) in [5.41, 5.74) is 2.29. The SMILES string of the molecule is CCCN1CCC(NC(=NC)NCc2ccc(-n3cccn3)cc2)CC1.I. The van der Waals surface area contributed by atoms with E-state index in [-0.39, 0.29) is 24.0 Å². The standard InChI is InChI=1S/C20H30N6.HI/c1-3-12-25-14-9-18(10-15-25)24-20(21-2)22-16-17-5-7-19(8-6-17)26-13-4-11-23-26;/h4-8,11,13,18H,3,9-10,12,14-16H2,1-2H3,(H2,21,22,24);1H. The minimum absolute atomic E-state index is 0. The molecular weight excluding hydrogens is 451 g/mol. The second-order valence-corrected chi connectivity index (χ2v) is 6.80. The average Bonchev–Trinajstić information content (AvgIpc) is 3.22. The van der Waals surface area contributed by atoms with Gasteiger partial charge in [0.2, 0.25) is 0 Å². The highest BCUT2D eigenvalue weighted by Crippen LogP contribution is 2.11. The number of likely N-dealkylation sites (tertiary alicyclic amines) is 1. The molecule has 1 aliphatic rings. The number of piperidine rings is 1. The predicted octanol–water partition coefficient (Wildman–Crippen LogP) is 3.03. The second kappa shape index (κ2) is 11.3. The van der Waals surface area contributed by atoms with Crippen molar-refractivity contribution >= 4 is 29.9 Å². The van der Waals surface area contributed by atoms with Gasteiger partial charge >= 0.3 is 0 Å². The molecule has 27 heavy (non-hydrogen) atoms. The van der Waals surface area contributed by atoms with Crippen molar-refractivity contribution in [3.05, 3.63) is 48.3 Å². The van der Waals surface area contributed by atoms with Gasteiger partial charge < -0.3 is 15.5 Å². The maximum Gasteiger partial charge on any atom is 0.191 e. The number of nitrogens with one attached hydrogen (secondary N) is 2. The van der Waals surface area contributed by atoms with Gasteiger partial charge in [-0.05, 0) is 49.6 Å². The number of aromatic nitrogens is 2. The van der Waals surface area contributed by atoms with Crippen LogP contribution in [0.3, 0.4) is 0 Å². The van der Waals surface area contributed by atoms with Crippen LogP contribution in [-0.4, -0.2) is 53.4 Å². The Morgan fingerprint density at radius 3 is 2.56 bits per heavy atom. The van der Waals surface area contributed by atoms with Gasteiger partial charge in [-0.1, -0.05) is 19.1 Å². The van der Waals surface area contributed by atoms with Gasteiger partial charge in [0, 0.05) is 45.1 Å². The summed E-state index contributed by atoms with van der Waals surface area (Å²) < 4.78 is 1.86. The number of hydrogen-bond acceptors (Lipinski definition) is 3. The molecule has 0 aliphatic carbocycles. The van der Waals surface area contributed by atoms with Crippen LogP contribution in [0.1, 0.15) is 31.7 Å². The zero-order chi connectivity index (χ0) is 18.2. The van der Waals surface area contributed by atoms with E-state index in [2.05, 4.69) is 56.8 Å². The smallest absolute Gasteiger partial charge is 0.191 e. The summed E-state index contributed by atoms with van der Waals surface area (Å²) >= 11 is 0. The fourth-order valence-electron chi connectivity index (χ4n) is 3.38. The molecule has 0 saturated carbocycles. The highest BCUT2D eigenvalue weighted by atomic mass is 127. The lowest BCUT2D eigenvalue weighted by Gasteiger charge is -2.32. The number of nitrogens with zero attached hydrogens (tertiary/aromatic N) is 4. The molecule has 1 fully saturated rings. The number of guanidine groups is 1. The Labute approximate surface area is 179 Å². The van der Waals surface area contributed by atoms with Crippen LogP contribution in [-0.2, 0) is 6.54 Å². The van der Waals surface area contributed by atoms with Crippen molar-refractivity contribution in [1.82, 2.24) is 25.3 Å². The number of aliphatic imine (C=N–C) groups is 1. The summed E-state index contributed by atoms with van der Waals surface area (Å²) in [6.45, 7) is 6.58. The molecule has 0 radical (unpaired) electrons. The molecule has 2 heterocycles. The van der Waals surface area contributed by atoms with Gasteiger partial charge in [0.05, 0.1) is 5.69 Å². The molecule has 0 amide bonds. The van der Waals surface area contributed by atoms with Crippen LogP contribution in [0.25, 0.3) is 5.69 Å². The normalized spacial score (nSPS) is 16.0. The molecule has 148 valence electrons. The van der Waals surface area contributed by atoms with E-state index in [9.17, 15) is 0 Å². The third kappa shape index (κ3) is 6.49. The predicted molar refractivity (Wildman–Crippen MR) is 122 cm³/mol. The van der Waals surface area contributed by atoms with E-state index in [1.165, 1.54) is 44.5 Å². The summed E-state index contributed by atoms with van der Waals surface area (Å²) in [6.07, 6.45) is 7.34. The molecule has 7 heteroatoms. The minimum Gasteiger partial charge on any atom is -0.354 e. The minimum atomic E-state index is 0. The van der Waals surface area contributed by atoms with Crippen molar-refractivity contribution in [3.63, 3.8) is 0 Å². The molecule has 2 N–H and O–H groups in total. The third-order valence-corrected chi connectivity index (χ3v) is 4.86. The Hall–Kier alpha value is -1.61. The van der Waals surface area contributed by atoms with Crippen molar-refractivity contribution in [2.45, 2.75) is 38.8 Å². The van der Waals surface area contributed by atoms with Crippen LogP contribution >= 0.6 is 24.0 Å². The largest absolute Gasteiger partial charge is 0.354 e. The van der Waals surface area contributed by atoms with E-state index in [0.29, 0.717) is 6.04 Å². The molecule has 0 unspecified atom stereocenters. The Morgan fingerprint density at radius 2 is 1.96 bits per heavy atom. The van der Waals surface area contributed by atoms with Gasteiger partial charge in [-0.2, -0.15) is 5.10 Å². The maximum absolute atomic E-state index is 4.38. The first-order chi connectivity index (χ1) is 12.8. The van der Waals surface area contributed by atoms with Crippen molar-refractivity contribution in [2.24, 2.45) is 4.99 Å². The molecule has 1 aliphatic heterocycles. The molecule has 0 spiro atoms. The first-order valence-electron chi connectivity index (χ1n) is 9.57. The summed E-state index contributed by atoms with van der Waals surface area (Å²) in [4.78, 5) is 6.93. The Bertz CT molecular complexity index is 675. The maximum atomic E-state index is 4.38. The highest BCUT2D eigenvalue weighted by Gasteiger charge is 2.19. The topological polar surface area (TPSA) is 57.5 Å². The Balaban J connectivity index is 0.00000261. The lowest BCUT2D eigenvalue weighted by molar-refractivity contribution is 0.206. The van der Waals surface area contributed by atoms with E-state index < -0.39 is 0 Å². The van der Waals surface area contributed by atoms with Gasteiger partial charge in [-0.25, -0.2) is 4.68 Å². The monoisotopic (exact) mass is 482 g/mol. The number of rotatable bonds is 6. The van der Waals surface area contributed by atoms with E-state index in [1.54, 1.807) is 6.20 Å². The summed E-state index contributed by atoms with van der Waals surface area (Å²) in [6, 6.07) is 10.9. The van der Waals surface area contributed by atoms with Crippen LogP contribution < -0.4 is 10.6 Å². The van der Waals surface area contributed by atoms with E-state index in [1.807, 2.05) is 24.0 Å². The fourth-order valence-corrected chi connectivity index (χ4v) is 3.38. The lowest BCUT2D eigenvalue weighted by atomic mass is 10.1. The molecule has 0 bridgehead atoms. The van der Waals surface area contributed by atoms with Gasteiger partial charge in [0.25, 0.3) is 0 Å². The summed E-state index contributed by atoms with van der Waals surface area (Å²) in [7, 11) is 1.84. The Morgan fingerprint density at radius 1 is 1.22 bits per heavy atom. The van der Waals surface area contributed by atoms with E-state index >= 15 is 0 Å². The van der Waals surface area contributed by atoms with Crippen molar-refractivity contribution in [3.8, 4) is 5.69 Å². The van der Waals surface area contributed by atoms with Crippen molar-refractivity contribution in [1.29, 1.82) is 0 Å². The molecule has 1 aromatic carbocycles. The first-order valence-corrected chi connectivity index (χ1v) is 9.57. The first kappa shape index (κ1) is 21.7. The molecular formula is C20H31IN6. The van der Waals surface area contributed by atoms with E-state index in [0.717, 1.165) is 18.2 Å². The van der Waals surface area contributed by atoms with Gasteiger partial charge in [-0.15, -0.1) is 24.0 Å². The molecule has 1 saturated heterocycles. The van der Waals surface area contributed by atoms with Crippen LogP contribution in [0.4, 0.5) is 0 Å². The fraction of sp³-hybridized carbons (Fsp3) is 0.500. The quantitative estimate of drug-likeness (QED) is 0.378. The average molecular weight is 482 g/mol. The zero-order valence-corrected chi connectivity index (χ0v) is 18.6. The van der Waals surface area contributed by atoms with Crippen LogP contribution in [0.15, 0.2) is 47.7 Å². The zero-order valence-electron chi connectivity index (χ0n) is 16.3. The number of hydrogen-bond donors (Lipinski definition) is 2. The molecule has 2 aromatic rings. The summed E-state index contributed by atoms with van der Waals surface area (Å²) in [5.74, 6) is 0.884. The number of benzene rings is 1. The van der Waals surface area contributed by atoms with Gasteiger partial charge in [0.15, 0.2) is 5.96 Å².